The molecule has 0 aliphatic heterocycles. The minimum absolute atomic E-state index is 0.161. The summed E-state index contributed by atoms with van der Waals surface area (Å²) in [5, 5.41) is 0.622. The van der Waals surface area contributed by atoms with E-state index in [0.29, 0.717) is 5.03 Å². The van der Waals surface area contributed by atoms with Gasteiger partial charge in [-0.25, -0.2) is 4.98 Å². The number of benzene rings is 1. The first-order valence-corrected chi connectivity index (χ1v) is 5.94. The van der Waals surface area contributed by atoms with Gasteiger partial charge in [-0.05, 0) is 24.3 Å². The monoisotopic (exact) mass is 261 g/mol. The number of methoxy groups -OCH3 is 1. The number of nitrogens with two attached hydrogens (primary N) is 1. The maximum atomic E-state index is 11.0. The average Bonchev–Trinajstić information content (AvgIpc) is 2.40. The zero-order valence-electron chi connectivity index (χ0n) is 9.66. The van der Waals surface area contributed by atoms with Crippen LogP contribution in [0.3, 0.4) is 0 Å². The maximum Gasteiger partial charge on any atom is 0.268 e. The van der Waals surface area contributed by atoms with E-state index >= 15 is 0 Å². The van der Waals surface area contributed by atoms with E-state index in [0.717, 1.165) is 10.6 Å². The third kappa shape index (κ3) is 2.98. The van der Waals surface area contributed by atoms with E-state index in [1.54, 1.807) is 13.3 Å². The van der Waals surface area contributed by atoms with Gasteiger partial charge < -0.3 is 10.5 Å². The van der Waals surface area contributed by atoms with Crippen LogP contribution >= 0.6 is 11.8 Å². The van der Waals surface area contributed by atoms with Crippen LogP contribution in [0.1, 0.15) is 10.5 Å². The number of aromatic nitrogens is 2. The molecule has 18 heavy (non-hydrogen) atoms. The van der Waals surface area contributed by atoms with E-state index in [-0.39, 0.29) is 5.69 Å². The van der Waals surface area contributed by atoms with Crippen molar-refractivity contribution < 1.29 is 9.53 Å². The van der Waals surface area contributed by atoms with Gasteiger partial charge in [0.1, 0.15) is 16.5 Å². The smallest absolute Gasteiger partial charge is 0.268 e. The van der Waals surface area contributed by atoms with E-state index in [2.05, 4.69) is 9.97 Å². The molecule has 0 unspecified atom stereocenters. The topological polar surface area (TPSA) is 78.1 Å². The SMILES string of the molecule is COc1ccc(Sc2cncc(C(N)=O)n2)cc1. The minimum Gasteiger partial charge on any atom is -0.497 e. The summed E-state index contributed by atoms with van der Waals surface area (Å²) in [7, 11) is 1.62. The molecule has 2 N–H and O–H groups in total. The van der Waals surface area contributed by atoms with E-state index in [1.165, 1.54) is 18.0 Å². The van der Waals surface area contributed by atoms with Crippen LogP contribution in [-0.2, 0) is 0 Å². The van der Waals surface area contributed by atoms with Gasteiger partial charge in [0.2, 0.25) is 0 Å². The Morgan fingerprint density at radius 2 is 2.00 bits per heavy atom. The van der Waals surface area contributed by atoms with Crippen LogP contribution in [0.2, 0.25) is 0 Å². The molecular formula is C12H11N3O2S. The van der Waals surface area contributed by atoms with Crippen molar-refractivity contribution in [2.45, 2.75) is 9.92 Å². The molecule has 0 atom stereocenters. The lowest BCUT2D eigenvalue weighted by molar-refractivity contribution is 0.0994. The van der Waals surface area contributed by atoms with E-state index < -0.39 is 5.91 Å². The molecule has 0 spiro atoms. The standard InChI is InChI=1S/C12H11N3O2S/c1-17-8-2-4-9(5-3-8)18-11-7-14-6-10(15-11)12(13)16/h2-7H,1H3,(H2,13,16). The number of carbonyl (C=O) groups excluding carboxylic acids is 1. The van der Waals surface area contributed by atoms with E-state index in [1.807, 2.05) is 24.3 Å². The summed E-state index contributed by atoms with van der Waals surface area (Å²) < 4.78 is 5.07. The van der Waals surface area contributed by atoms with Crippen LogP contribution in [0.25, 0.3) is 0 Å². The second-order valence-electron chi connectivity index (χ2n) is 3.38. The van der Waals surface area contributed by atoms with Gasteiger partial charge in [0.05, 0.1) is 19.5 Å². The van der Waals surface area contributed by atoms with Gasteiger partial charge in [-0.3, -0.25) is 9.78 Å². The summed E-state index contributed by atoms with van der Waals surface area (Å²) >= 11 is 1.40. The zero-order chi connectivity index (χ0) is 13.0. The molecule has 2 rings (SSSR count). The molecule has 0 bridgehead atoms. The maximum absolute atomic E-state index is 11.0. The Morgan fingerprint density at radius 3 is 2.61 bits per heavy atom. The van der Waals surface area contributed by atoms with Gasteiger partial charge in [0.25, 0.3) is 5.91 Å². The lowest BCUT2D eigenvalue weighted by Crippen LogP contribution is -2.13. The molecular weight excluding hydrogens is 250 g/mol. The summed E-state index contributed by atoms with van der Waals surface area (Å²) in [6, 6.07) is 7.52. The minimum atomic E-state index is -0.584. The Labute approximate surface area is 108 Å². The van der Waals surface area contributed by atoms with Crippen molar-refractivity contribution in [2.24, 2.45) is 5.73 Å². The number of rotatable bonds is 4. The Balaban J connectivity index is 2.17. The van der Waals surface area contributed by atoms with Crippen LogP contribution in [0.5, 0.6) is 5.75 Å². The third-order valence-electron chi connectivity index (χ3n) is 2.15. The van der Waals surface area contributed by atoms with Gasteiger partial charge in [-0.15, -0.1) is 0 Å². The molecule has 1 heterocycles. The summed E-state index contributed by atoms with van der Waals surface area (Å²) in [6.07, 6.45) is 2.93. The zero-order valence-corrected chi connectivity index (χ0v) is 10.5. The fourth-order valence-corrected chi connectivity index (χ4v) is 2.05. The van der Waals surface area contributed by atoms with Gasteiger partial charge >= 0.3 is 0 Å². The number of amides is 1. The number of ether oxygens (including phenoxy) is 1. The van der Waals surface area contributed by atoms with E-state index in [9.17, 15) is 4.79 Å². The van der Waals surface area contributed by atoms with Crippen LogP contribution < -0.4 is 10.5 Å². The molecule has 5 nitrogen and oxygen atoms in total. The Bertz CT molecular complexity index is 558. The number of primary amides is 1. The normalized spacial score (nSPS) is 10.1. The fourth-order valence-electron chi connectivity index (χ4n) is 1.28. The molecule has 2 aromatic rings. The van der Waals surface area contributed by atoms with E-state index in [4.69, 9.17) is 10.5 Å². The molecule has 0 radical (unpaired) electrons. The van der Waals surface area contributed by atoms with Gasteiger partial charge in [0.15, 0.2) is 0 Å². The molecule has 1 amide bonds. The lowest BCUT2D eigenvalue weighted by atomic mass is 10.3. The predicted octanol–water partition coefficient (Wildman–Crippen LogP) is 1.74. The molecule has 0 aliphatic rings. The highest BCUT2D eigenvalue weighted by Gasteiger charge is 2.05. The number of nitrogens with zero attached hydrogens (tertiary/aromatic N) is 2. The molecule has 1 aromatic heterocycles. The molecule has 0 aliphatic carbocycles. The highest BCUT2D eigenvalue weighted by atomic mass is 32.2. The first-order valence-electron chi connectivity index (χ1n) is 5.13. The fraction of sp³-hybridized carbons (Fsp3) is 0.0833. The van der Waals surface area contributed by atoms with Crippen LogP contribution in [0.4, 0.5) is 0 Å². The molecule has 6 heteroatoms. The second kappa shape index (κ2) is 5.50. The second-order valence-corrected chi connectivity index (χ2v) is 4.48. The Hall–Kier alpha value is -2.08. The van der Waals surface area contributed by atoms with Crippen molar-refractivity contribution in [3.8, 4) is 5.75 Å². The number of hydrogen-bond acceptors (Lipinski definition) is 5. The number of carbonyl (C=O) groups is 1. The van der Waals surface area contributed by atoms with Crippen molar-refractivity contribution in [2.75, 3.05) is 7.11 Å². The molecule has 1 aromatic carbocycles. The third-order valence-corrected chi connectivity index (χ3v) is 3.06. The highest BCUT2D eigenvalue weighted by Crippen LogP contribution is 2.27. The van der Waals surface area contributed by atoms with Crippen molar-refractivity contribution in [3.05, 3.63) is 42.4 Å². The van der Waals surface area contributed by atoms with Crippen LogP contribution in [-0.4, -0.2) is 23.0 Å². The Morgan fingerprint density at radius 1 is 1.28 bits per heavy atom. The number of hydrogen-bond donors (Lipinski definition) is 1. The molecule has 0 saturated carbocycles. The van der Waals surface area contributed by atoms with Crippen molar-refractivity contribution in [1.82, 2.24) is 9.97 Å². The summed E-state index contributed by atoms with van der Waals surface area (Å²) in [4.78, 5) is 20.0. The van der Waals surface area contributed by atoms with Crippen molar-refractivity contribution >= 4 is 17.7 Å². The summed E-state index contributed by atoms with van der Waals surface area (Å²) in [5.41, 5.74) is 5.31. The first-order chi connectivity index (χ1) is 8.69. The predicted molar refractivity (Wildman–Crippen MR) is 67.7 cm³/mol. The molecule has 0 saturated heterocycles. The van der Waals surface area contributed by atoms with Gasteiger partial charge in [-0.2, -0.15) is 0 Å². The molecule has 0 fully saturated rings. The highest BCUT2D eigenvalue weighted by molar-refractivity contribution is 7.99. The van der Waals surface area contributed by atoms with Gasteiger partial charge in [0, 0.05) is 4.90 Å². The average molecular weight is 261 g/mol. The first kappa shape index (κ1) is 12.4. The lowest BCUT2D eigenvalue weighted by Gasteiger charge is -2.03. The summed E-state index contributed by atoms with van der Waals surface area (Å²) in [6.45, 7) is 0. The Kier molecular flexibility index (Phi) is 3.78. The van der Waals surface area contributed by atoms with Crippen LogP contribution in [0, 0.1) is 0 Å². The van der Waals surface area contributed by atoms with Crippen molar-refractivity contribution in [1.29, 1.82) is 0 Å². The van der Waals surface area contributed by atoms with Gasteiger partial charge in [-0.1, -0.05) is 11.8 Å². The summed E-state index contributed by atoms with van der Waals surface area (Å²) in [5.74, 6) is 0.205. The van der Waals surface area contributed by atoms with Crippen LogP contribution in [0.15, 0.2) is 46.6 Å². The largest absolute Gasteiger partial charge is 0.497 e. The van der Waals surface area contributed by atoms with Crippen molar-refractivity contribution in [3.63, 3.8) is 0 Å². The quantitative estimate of drug-likeness (QED) is 0.906. The molecule has 92 valence electrons.